The number of anilines is 1. The topological polar surface area (TPSA) is 64.3 Å². The molecule has 0 spiro atoms. The second kappa shape index (κ2) is 6.20. The van der Waals surface area contributed by atoms with Crippen molar-refractivity contribution in [3.63, 3.8) is 0 Å². The SMILES string of the molecule is COC(=O)CCNc1c(C)cccc1C(N)=S. The maximum absolute atomic E-state index is 11.0. The summed E-state index contributed by atoms with van der Waals surface area (Å²) in [5, 5.41) is 3.16. The minimum atomic E-state index is -0.247. The Bertz CT molecular complexity index is 433. The van der Waals surface area contributed by atoms with Gasteiger partial charge in [-0.3, -0.25) is 4.79 Å². The summed E-state index contributed by atoms with van der Waals surface area (Å²) in [5.74, 6) is -0.247. The number of thiocarbonyl (C=S) groups is 1. The number of methoxy groups -OCH3 is 1. The first-order valence-electron chi connectivity index (χ1n) is 5.26. The number of benzene rings is 1. The number of carbonyl (C=O) groups excluding carboxylic acids is 1. The number of hydrogen-bond acceptors (Lipinski definition) is 4. The number of rotatable bonds is 5. The van der Waals surface area contributed by atoms with Crippen LogP contribution in [-0.2, 0) is 9.53 Å². The van der Waals surface area contributed by atoms with E-state index in [0.29, 0.717) is 18.0 Å². The molecule has 0 aliphatic carbocycles. The Kier molecular flexibility index (Phi) is 4.90. The van der Waals surface area contributed by atoms with E-state index in [1.165, 1.54) is 7.11 Å². The quantitative estimate of drug-likeness (QED) is 0.615. The summed E-state index contributed by atoms with van der Waals surface area (Å²) in [6, 6.07) is 5.72. The smallest absolute Gasteiger partial charge is 0.307 e. The molecule has 0 saturated heterocycles. The molecule has 0 fully saturated rings. The molecule has 1 aromatic rings. The number of nitrogens with two attached hydrogens (primary N) is 1. The number of ether oxygens (including phenoxy) is 1. The molecule has 92 valence electrons. The van der Waals surface area contributed by atoms with Crippen LogP contribution in [-0.4, -0.2) is 24.6 Å². The summed E-state index contributed by atoms with van der Waals surface area (Å²) in [5.41, 5.74) is 8.36. The maximum atomic E-state index is 11.0. The normalized spacial score (nSPS) is 9.76. The van der Waals surface area contributed by atoms with Crippen LogP contribution in [0.4, 0.5) is 5.69 Å². The minimum absolute atomic E-state index is 0.247. The first-order valence-corrected chi connectivity index (χ1v) is 5.67. The number of carbonyl (C=O) groups is 1. The van der Waals surface area contributed by atoms with Crippen molar-refractivity contribution in [2.24, 2.45) is 5.73 Å². The van der Waals surface area contributed by atoms with Crippen molar-refractivity contribution in [3.05, 3.63) is 29.3 Å². The number of aryl methyl sites for hydroxylation is 1. The molecule has 0 aliphatic heterocycles. The fourth-order valence-corrected chi connectivity index (χ4v) is 1.67. The number of hydrogen-bond donors (Lipinski definition) is 2. The third-order valence-corrected chi connectivity index (χ3v) is 2.62. The molecule has 0 saturated carbocycles. The van der Waals surface area contributed by atoms with Crippen LogP contribution in [0.15, 0.2) is 18.2 Å². The molecule has 5 heteroatoms. The molecule has 0 atom stereocenters. The van der Waals surface area contributed by atoms with Crippen LogP contribution in [0.3, 0.4) is 0 Å². The Hall–Kier alpha value is -1.62. The Labute approximate surface area is 106 Å². The fraction of sp³-hybridized carbons (Fsp3) is 0.333. The molecule has 0 aliphatic rings. The predicted octanol–water partition coefficient (Wildman–Crippen LogP) is 1.60. The highest BCUT2D eigenvalue weighted by atomic mass is 32.1. The van der Waals surface area contributed by atoms with E-state index >= 15 is 0 Å². The molecule has 1 rings (SSSR count). The van der Waals surface area contributed by atoms with E-state index in [4.69, 9.17) is 18.0 Å². The summed E-state index contributed by atoms with van der Waals surface area (Å²) >= 11 is 4.98. The van der Waals surface area contributed by atoms with Crippen molar-refractivity contribution < 1.29 is 9.53 Å². The van der Waals surface area contributed by atoms with Crippen LogP contribution >= 0.6 is 12.2 Å². The van der Waals surface area contributed by atoms with Gasteiger partial charge in [0.1, 0.15) is 4.99 Å². The van der Waals surface area contributed by atoms with Gasteiger partial charge in [0, 0.05) is 17.8 Å². The standard InChI is InChI=1S/C12H16N2O2S/c1-8-4-3-5-9(12(13)17)11(8)14-7-6-10(15)16-2/h3-5,14H,6-7H2,1-2H3,(H2,13,17). The monoisotopic (exact) mass is 252 g/mol. The Morgan fingerprint density at radius 1 is 1.53 bits per heavy atom. The maximum Gasteiger partial charge on any atom is 0.307 e. The molecule has 0 aromatic heterocycles. The van der Waals surface area contributed by atoms with Crippen molar-refractivity contribution >= 4 is 28.9 Å². The molecule has 0 heterocycles. The molecule has 3 N–H and O–H groups in total. The van der Waals surface area contributed by atoms with E-state index in [1.54, 1.807) is 0 Å². The van der Waals surface area contributed by atoms with Gasteiger partial charge >= 0.3 is 5.97 Å². The second-order valence-electron chi connectivity index (χ2n) is 3.61. The van der Waals surface area contributed by atoms with Gasteiger partial charge in [-0.25, -0.2) is 0 Å². The van der Waals surface area contributed by atoms with E-state index in [-0.39, 0.29) is 5.97 Å². The average Bonchev–Trinajstić information content (AvgIpc) is 2.30. The van der Waals surface area contributed by atoms with Crippen LogP contribution in [0.1, 0.15) is 17.5 Å². The third-order valence-electron chi connectivity index (χ3n) is 2.40. The van der Waals surface area contributed by atoms with Crippen molar-refractivity contribution in [2.75, 3.05) is 19.0 Å². The molecule has 0 bridgehead atoms. The van der Waals surface area contributed by atoms with Crippen LogP contribution in [0.2, 0.25) is 0 Å². The lowest BCUT2D eigenvalue weighted by atomic mass is 10.1. The highest BCUT2D eigenvalue weighted by molar-refractivity contribution is 7.80. The summed E-state index contributed by atoms with van der Waals surface area (Å²) in [6.07, 6.45) is 0.307. The van der Waals surface area contributed by atoms with Gasteiger partial charge < -0.3 is 15.8 Å². The van der Waals surface area contributed by atoms with Gasteiger partial charge in [0.05, 0.1) is 13.5 Å². The average molecular weight is 252 g/mol. The van der Waals surface area contributed by atoms with E-state index in [1.807, 2.05) is 25.1 Å². The van der Waals surface area contributed by atoms with Crippen LogP contribution in [0.25, 0.3) is 0 Å². The number of nitrogens with one attached hydrogen (secondary N) is 1. The summed E-state index contributed by atoms with van der Waals surface area (Å²) < 4.78 is 4.57. The predicted molar refractivity (Wildman–Crippen MR) is 72.2 cm³/mol. The molecule has 1 aromatic carbocycles. The van der Waals surface area contributed by atoms with E-state index in [0.717, 1.165) is 16.8 Å². The first-order chi connectivity index (χ1) is 8.06. The van der Waals surface area contributed by atoms with Crippen LogP contribution in [0, 0.1) is 6.92 Å². The number of esters is 1. The van der Waals surface area contributed by atoms with Gasteiger partial charge in [0.25, 0.3) is 0 Å². The van der Waals surface area contributed by atoms with E-state index in [9.17, 15) is 4.79 Å². The van der Waals surface area contributed by atoms with Crippen molar-refractivity contribution in [1.82, 2.24) is 0 Å². The summed E-state index contributed by atoms with van der Waals surface area (Å²) in [4.78, 5) is 11.3. The molecule has 0 amide bonds. The Balaban J connectivity index is 2.76. The molecular weight excluding hydrogens is 236 g/mol. The van der Waals surface area contributed by atoms with Gasteiger partial charge in [-0.05, 0) is 18.6 Å². The zero-order valence-corrected chi connectivity index (χ0v) is 10.8. The zero-order valence-electron chi connectivity index (χ0n) is 9.95. The summed E-state index contributed by atoms with van der Waals surface area (Å²) in [6.45, 7) is 2.45. The third kappa shape index (κ3) is 3.71. The molecule has 4 nitrogen and oxygen atoms in total. The van der Waals surface area contributed by atoms with Crippen molar-refractivity contribution in [2.45, 2.75) is 13.3 Å². The largest absolute Gasteiger partial charge is 0.469 e. The highest BCUT2D eigenvalue weighted by Gasteiger charge is 2.08. The van der Waals surface area contributed by atoms with Crippen molar-refractivity contribution in [3.8, 4) is 0 Å². The molecule has 0 radical (unpaired) electrons. The molecular formula is C12H16N2O2S. The van der Waals surface area contributed by atoms with Crippen LogP contribution in [0.5, 0.6) is 0 Å². The second-order valence-corrected chi connectivity index (χ2v) is 4.05. The molecule has 0 unspecified atom stereocenters. The molecule has 17 heavy (non-hydrogen) atoms. The van der Waals surface area contributed by atoms with E-state index in [2.05, 4.69) is 10.1 Å². The van der Waals surface area contributed by atoms with Crippen molar-refractivity contribution in [1.29, 1.82) is 0 Å². The van der Waals surface area contributed by atoms with Crippen LogP contribution < -0.4 is 11.1 Å². The Morgan fingerprint density at radius 2 is 2.24 bits per heavy atom. The van der Waals surface area contributed by atoms with Gasteiger partial charge in [-0.2, -0.15) is 0 Å². The minimum Gasteiger partial charge on any atom is -0.469 e. The van der Waals surface area contributed by atoms with Gasteiger partial charge in [0.15, 0.2) is 0 Å². The Morgan fingerprint density at radius 3 is 2.82 bits per heavy atom. The lowest BCUT2D eigenvalue weighted by Gasteiger charge is -2.13. The number of para-hydroxylation sites is 1. The van der Waals surface area contributed by atoms with Gasteiger partial charge in [0.2, 0.25) is 0 Å². The lowest BCUT2D eigenvalue weighted by Crippen LogP contribution is -2.16. The zero-order chi connectivity index (χ0) is 12.8. The van der Waals surface area contributed by atoms with Gasteiger partial charge in [-0.1, -0.05) is 24.4 Å². The fourth-order valence-electron chi connectivity index (χ4n) is 1.50. The highest BCUT2D eigenvalue weighted by Crippen LogP contribution is 2.20. The van der Waals surface area contributed by atoms with Gasteiger partial charge in [-0.15, -0.1) is 0 Å². The van der Waals surface area contributed by atoms with E-state index < -0.39 is 0 Å². The summed E-state index contributed by atoms with van der Waals surface area (Å²) in [7, 11) is 1.37. The first kappa shape index (κ1) is 13.4. The lowest BCUT2D eigenvalue weighted by molar-refractivity contribution is -0.140.